The van der Waals surface area contributed by atoms with E-state index in [9.17, 15) is 0 Å². The highest BCUT2D eigenvalue weighted by Crippen LogP contribution is 2.21. The van der Waals surface area contributed by atoms with Crippen LogP contribution in [0.3, 0.4) is 0 Å². The zero-order valence-electron chi connectivity index (χ0n) is 18.3. The molecule has 3 aromatic carbocycles. The van der Waals surface area contributed by atoms with Gasteiger partial charge in [-0.05, 0) is 72.8 Å². The molecule has 0 bridgehead atoms. The van der Waals surface area contributed by atoms with E-state index in [0.29, 0.717) is 26.4 Å². The molecule has 0 unspecified atom stereocenters. The lowest BCUT2D eigenvalue weighted by atomic mass is 10.1. The van der Waals surface area contributed by atoms with Crippen molar-refractivity contribution in [2.24, 2.45) is 10.2 Å². The standard InChI is InChI=1S/C26H26N2O4/c1-29-17-18-31-19-20-32-26-13-7-22(8-14-26)4-3-21-5-9-23(10-6-21)27-28-24-11-15-25(30-2)16-12-24/h5-16H,17-20H2,1-2H3. The van der Waals surface area contributed by atoms with Gasteiger partial charge in [0, 0.05) is 18.2 Å². The molecule has 0 N–H and O–H groups in total. The Morgan fingerprint density at radius 1 is 0.594 bits per heavy atom. The van der Waals surface area contributed by atoms with Gasteiger partial charge in [0.2, 0.25) is 0 Å². The summed E-state index contributed by atoms with van der Waals surface area (Å²) in [4.78, 5) is 0. The van der Waals surface area contributed by atoms with Gasteiger partial charge in [-0.2, -0.15) is 10.2 Å². The van der Waals surface area contributed by atoms with Crippen LogP contribution < -0.4 is 9.47 Å². The smallest absolute Gasteiger partial charge is 0.119 e. The van der Waals surface area contributed by atoms with Gasteiger partial charge in [-0.1, -0.05) is 11.8 Å². The lowest BCUT2D eigenvalue weighted by molar-refractivity contribution is 0.0544. The number of benzene rings is 3. The van der Waals surface area contributed by atoms with Gasteiger partial charge in [0.05, 0.1) is 38.3 Å². The first-order valence-electron chi connectivity index (χ1n) is 10.2. The zero-order valence-corrected chi connectivity index (χ0v) is 18.3. The van der Waals surface area contributed by atoms with Crippen molar-refractivity contribution in [3.63, 3.8) is 0 Å². The Kier molecular flexibility index (Phi) is 9.28. The Morgan fingerprint density at radius 2 is 1.09 bits per heavy atom. The third-order valence-electron chi connectivity index (χ3n) is 4.35. The fraction of sp³-hybridized carbons (Fsp3) is 0.231. The molecule has 3 aromatic rings. The van der Waals surface area contributed by atoms with E-state index in [-0.39, 0.29) is 0 Å². The van der Waals surface area contributed by atoms with Crippen molar-refractivity contribution in [2.45, 2.75) is 0 Å². The molecule has 0 spiro atoms. The molecule has 0 atom stereocenters. The lowest BCUT2D eigenvalue weighted by Crippen LogP contribution is -2.09. The molecule has 0 heterocycles. The number of rotatable bonds is 10. The topological polar surface area (TPSA) is 61.6 Å². The van der Waals surface area contributed by atoms with Crippen LogP contribution >= 0.6 is 0 Å². The summed E-state index contributed by atoms with van der Waals surface area (Å²) in [6.07, 6.45) is 0. The van der Waals surface area contributed by atoms with E-state index >= 15 is 0 Å². The molecule has 0 amide bonds. The molecule has 3 rings (SSSR count). The van der Waals surface area contributed by atoms with Gasteiger partial charge < -0.3 is 18.9 Å². The van der Waals surface area contributed by atoms with Crippen molar-refractivity contribution in [1.82, 2.24) is 0 Å². The third kappa shape index (κ3) is 7.88. The highest BCUT2D eigenvalue weighted by atomic mass is 16.5. The molecular formula is C26H26N2O4. The van der Waals surface area contributed by atoms with Crippen LogP contribution in [0.5, 0.6) is 11.5 Å². The predicted molar refractivity (Wildman–Crippen MR) is 124 cm³/mol. The summed E-state index contributed by atoms with van der Waals surface area (Å²) in [7, 11) is 3.28. The number of hydrogen-bond donors (Lipinski definition) is 0. The Labute approximate surface area is 188 Å². The van der Waals surface area contributed by atoms with Gasteiger partial charge in [-0.3, -0.25) is 0 Å². The highest BCUT2D eigenvalue weighted by Gasteiger charge is 1.96. The molecule has 6 nitrogen and oxygen atoms in total. The van der Waals surface area contributed by atoms with Crippen molar-refractivity contribution in [2.75, 3.05) is 40.6 Å². The molecular weight excluding hydrogens is 404 g/mol. The van der Waals surface area contributed by atoms with Crippen LogP contribution in [0.1, 0.15) is 11.1 Å². The quantitative estimate of drug-likeness (QED) is 0.240. The number of nitrogens with zero attached hydrogens (tertiary/aromatic N) is 2. The minimum atomic E-state index is 0.497. The minimum absolute atomic E-state index is 0.497. The molecule has 0 aliphatic rings. The first-order valence-corrected chi connectivity index (χ1v) is 10.2. The maximum Gasteiger partial charge on any atom is 0.119 e. The number of methoxy groups -OCH3 is 2. The van der Waals surface area contributed by atoms with Gasteiger partial charge in [0.25, 0.3) is 0 Å². The summed E-state index contributed by atoms with van der Waals surface area (Å²) in [5.74, 6) is 7.89. The van der Waals surface area contributed by atoms with Gasteiger partial charge in [-0.15, -0.1) is 0 Å². The number of hydrogen-bond acceptors (Lipinski definition) is 6. The van der Waals surface area contributed by atoms with Crippen LogP contribution in [0.2, 0.25) is 0 Å². The van der Waals surface area contributed by atoms with E-state index in [4.69, 9.17) is 18.9 Å². The molecule has 0 aliphatic carbocycles. The Morgan fingerprint density at radius 3 is 1.66 bits per heavy atom. The molecule has 32 heavy (non-hydrogen) atoms. The Hall–Kier alpha value is -3.66. The molecule has 0 saturated heterocycles. The van der Waals surface area contributed by atoms with Crippen molar-refractivity contribution in [3.8, 4) is 23.3 Å². The molecule has 0 saturated carbocycles. The van der Waals surface area contributed by atoms with Crippen LogP contribution in [0.15, 0.2) is 83.0 Å². The first-order chi connectivity index (χ1) is 15.8. The van der Waals surface area contributed by atoms with Gasteiger partial charge in [-0.25, -0.2) is 0 Å². The van der Waals surface area contributed by atoms with Crippen molar-refractivity contribution < 1.29 is 18.9 Å². The van der Waals surface area contributed by atoms with Crippen LogP contribution in [-0.2, 0) is 9.47 Å². The van der Waals surface area contributed by atoms with Gasteiger partial charge >= 0.3 is 0 Å². The van der Waals surface area contributed by atoms with E-state index < -0.39 is 0 Å². The van der Waals surface area contributed by atoms with Crippen molar-refractivity contribution in [1.29, 1.82) is 0 Å². The van der Waals surface area contributed by atoms with E-state index in [1.54, 1.807) is 14.2 Å². The Balaban J connectivity index is 1.49. The fourth-order valence-corrected chi connectivity index (χ4v) is 2.62. The molecule has 0 fully saturated rings. The monoisotopic (exact) mass is 430 g/mol. The van der Waals surface area contributed by atoms with Crippen LogP contribution in [0.4, 0.5) is 11.4 Å². The van der Waals surface area contributed by atoms with Crippen molar-refractivity contribution >= 4 is 11.4 Å². The van der Waals surface area contributed by atoms with Crippen LogP contribution in [0, 0.1) is 11.8 Å². The predicted octanol–water partition coefficient (Wildman–Crippen LogP) is 5.55. The normalized spacial score (nSPS) is 10.6. The second-order valence-corrected chi connectivity index (χ2v) is 6.67. The molecule has 0 radical (unpaired) electrons. The summed E-state index contributed by atoms with van der Waals surface area (Å²) in [5.41, 5.74) is 3.35. The van der Waals surface area contributed by atoms with Crippen LogP contribution in [0.25, 0.3) is 0 Å². The average Bonchev–Trinajstić information content (AvgIpc) is 2.85. The van der Waals surface area contributed by atoms with E-state index in [0.717, 1.165) is 34.0 Å². The fourth-order valence-electron chi connectivity index (χ4n) is 2.62. The summed E-state index contributed by atoms with van der Waals surface area (Å²) in [5, 5.41) is 8.48. The molecule has 6 heteroatoms. The van der Waals surface area contributed by atoms with E-state index in [1.165, 1.54) is 0 Å². The van der Waals surface area contributed by atoms with Gasteiger partial charge in [0.15, 0.2) is 0 Å². The van der Waals surface area contributed by atoms with E-state index in [2.05, 4.69) is 22.1 Å². The minimum Gasteiger partial charge on any atom is -0.497 e. The second kappa shape index (κ2) is 12.9. The second-order valence-electron chi connectivity index (χ2n) is 6.67. The number of ether oxygens (including phenoxy) is 4. The zero-order chi connectivity index (χ0) is 22.4. The largest absolute Gasteiger partial charge is 0.497 e. The average molecular weight is 431 g/mol. The SMILES string of the molecule is COCCOCCOc1ccc(C#Cc2ccc(N=Nc3ccc(OC)cc3)cc2)cc1. The van der Waals surface area contributed by atoms with E-state index in [1.807, 2.05) is 72.8 Å². The molecule has 164 valence electrons. The maximum atomic E-state index is 5.64. The number of azo groups is 1. The molecule has 0 aliphatic heterocycles. The highest BCUT2D eigenvalue weighted by molar-refractivity contribution is 5.48. The summed E-state index contributed by atoms with van der Waals surface area (Å²) in [6, 6.07) is 22.7. The van der Waals surface area contributed by atoms with Crippen molar-refractivity contribution in [3.05, 3.63) is 83.9 Å². The first kappa shape index (κ1) is 23.0. The lowest BCUT2D eigenvalue weighted by Gasteiger charge is -2.06. The van der Waals surface area contributed by atoms with Crippen LogP contribution in [-0.4, -0.2) is 40.6 Å². The summed E-state index contributed by atoms with van der Waals surface area (Å²) in [6.45, 7) is 2.18. The third-order valence-corrected chi connectivity index (χ3v) is 4.35. The Bertz CT molecular complexity index is 1030. The summed E-state index contributed by atoms with van der Waals surface area (Å²) < 4.78 is 21.1. The van der Waals surface area contributed by atoms with Gasteiger partial charge in [0.1, 0.15) is 18.1 Å². The maximum absolute atomic E-state index is 5.64. The molecule has 0 aromatic heterocycles. The summed E-state index contributed by atoms with van der Waals surface area (Å²) >= 11 is 0.